The molecular formula is C14H22. The summed E-state index contributed by atoms with van der Waals surface area (Å²) in [5, 5.41) is 0. The molecule has 0 spiro atoms. The Kier molecular flexibility index (Phi) is 5.31. The highest BCUT2D eigenvalue weighted by Crippen LogP contribution is 2.31. The predicted molar refractivity (Wildman–Crippen MR) is 65.0 cm³/mol. The van der Waals surface area contributed by atoms with Gasteiger partial charge < -0.3 is 0 Å². The third kappa shape index (κ3) is 3.83. The van der Waals surface area contributed by atoms with Crippen molar-refractivity contribution in [3.05, 3.63) is 23.8 Å². The van der Waals surface area contributed by atoms with E-state index in [1.807, 2.05) is 13.8 Å². The summed E-state index contributed by atoms with van der Waals surface area (Å²) in [5.74, 6) is 6.76. The van der Waals surface area contributed by atoms with Crippen molar-refractivity contribution >= 4 is 0 Å². The van der Waals surface area contributed by atoms with Crippen LogP contribution in [0.2, 0.25) is 0 Å². The largest absolute Gasteiger partial charge is 0.106 e. The van der Waals surface area contributed by atoms with Crippen LogP contribution in [0.5, 0.6) is 0 Å². The van der Waals surface area contributed by atoms with Crippen molar-refractivity contribution in [2.45, 2.75) is 41.5 Å². The molecule has 0 heterocycles. The minimum Gasteiger partial charge on any atom is -0.106 e. The van der Waals surface area contributed by atoms with E-state index < -0.39 is 0 Å². The summed E-state index contributed by atoms with van der Waals surface area (Å²) in [7, 11) is 0. The molecule has 0 aromatic carbocycles. The highest BCUT2D eigenvalue weighted by molar-refractivity contribution is 5.20. The van der Waals surface area contributed by atoms with Crippen LogP contribution in [-0.4, -0.2) is 0 Å². The first kappa shape index (κ1) is 13.0. The van der Waals surface area contributed by atoms with Gasteiger partial charge in [-0.05, 0) is 40.5 Å². The molecule has 0 saturated heterocycles. The summed E-state index contributed by atoms with van der Waals surface area (Å²) in [6, 6.07) is 0. The summed E-state index contributed by atoms with van der Waals surface area (Å²) < 4.78 is 0. The van der Waals surface area contributed by atoms with E-state index in [2.05, 4.69) is 57.8 Å². The molecule has 0 rings (SSSR count). The van der Waals surface area contributed by atoms with Gasteiger partial charge in [0.25, 0.3) is 0 Å². The quantitative estimate of drug-likeness (QED) is 0.462. The minimum atomic E-state index is 0.0664. The zero-order valence-electron chi connectivity index (χ0n) is 10.3. The molecule has 0 aliphatic carbocycles. The van der Waals surface area contributed by atoms with Crippen molar-refractivity contribution < 1.29 is 0 Å². The van der Waals surface area contributed by atoms with E-state index in [0.717, 1.165) is 0 Å². The standard InChI is InChI=1S/C14H22/c1-7-9-10-12(3)13(4)14(5,6)11-8-2/h7,9-10,13H,1-6H3/b9-7-,12-10+. The molecule has 14 heavy (non-hydrogen) atoms. The summed E-state index contributed by atoms with van der Waals surface area (Å²) in [6.45, 7) is 12.7. The average molecular weight is 190 g/mol. The van der Waals surface area contributed by atoms with Crippen LogP contribution < -0.4 is 0 Å². The van der Waals surface area contributed by atoms with Gasteiger partial charge in [-0.15, -0.1) is 5.92 Å². The number of hydrogen-bond acceptors (Lipinski definition) is 0. The molecule has 78 valence electrons. The first-order valence-corrected chi connectivity index (χ1v) is 5.19. The fraction of sp³-hybridized carbons (Fsp3) is 0.571. The maximum atomic E-state index is 3.26. The van der Waals surface area contributed by atoms with Crippen LogP contribution in [0.25, 0.3) is 0 Å². The van der Waals surface area contributed by atoms with Gasteiger partial charge in [-0.3, -0.25) is 0 Å². The van der Waals surface area contributed by atoms with Gasteiger partial charge in [-0.25, -0.2) is 0 Å². The first-order valence-electron chi connectivity index (χ1n) is 5.19. The smallest absolute Gasteiger partial charge is 0.0320 e. The van der Waals surface area contributed by atoms with E-state index in [1.54, 1.807) is 0 Å². The van der Waals surface area contributed by atoms with Crippen LogP contribution in [0, 0.1) is 23.2 Å². The van der Waals surface area contributed by atoms with Gasteiger partial charge in [0.15, 0.2) is 0 Å². The second kappa shape index (κ2) is 5.70. The van der Waals surface area contributed by atoms with Crippen molar-refractivity contribution in [3.63, 3.8) is 0 Å². The molecule has 1 unspecified atom stereocenters. The molecule has 0 saturated carbocycles. The lowest BCUT2D eigenvalue weighted by Crippen LogP contribution is -2.20. The Balaban J connectivity index is 4.74. The highest BCUT2D eigenvalue weighted by atomic mass is 14.3. The Morgan fingerprint density at radius 3 is 2.36 bits per heavy atom. The Morgan fingerprint density at radius 2 is 1.93 bits per heavy atom. The van der Waals surface area contributed by atoms with E-state index >= 15 is 0 Å². The van der Waals surface area contributed by atoms with Crippen LogP contribution in [0.4, 0.5) is 0 Å². The van der Waals surface area contributed by atoms with Gasteiger partial charge in [-0.1, -0.05) is 36.6 Å². The van der Waals surface area contributed by atoms with Crippen LogP contribution in [-0.2, 0) is 0 Å². The average Bonchev–Trinajstić information content (AvgIpc) is 2.12. The monoisotopic (exact) mass is 190 g/mol. The third-order valence-corrected chi connectivity index (χ3v) is 2.76. The molecule has 0 fully saturated rings. The molecule has 0 nitrogen and oxygen atoms in total. The van der Waals surface area contributed by atoms with Gasteiger partial charge in [0, 0.05) is 5.41 Å². The molecule has 0 radical (unpaired) electrons. The Morgan fingerprint density at radius 1 is 1.36 bits per heavy atom. The SMILES string of the molecule is CC#CC(C)(C)C(C)/C(C)=C/C=C\C. The fourth-order valence-electron chi connectivity index (χ4n) is 1.39. The zero-order chi connectivity index (χ0) is 11.2. The lowest BCUT2D eigenvalue weighted by atomic mass is 9.76. The predicted octanol–water partition coefficient (Wildman–Crippen LogP) is 4.19. The molecule has 0 aromatic heterocycles. The normalized spacial score (nSPS) is 15.1. The molecule has 0 aromatic rings. The molecule has 1 atom stereocenters. The van der Waals surface area contributed by atoms with Crippen molar-refractivity contribution in [2.75, 3.05) is 0 Å². The minimum absolute atomic E-state index is 0.0664. The fourth-order valence-corrected chi connectivity index (χ4v) is 1.39. The summed E-state index contributed by atoms with van der Waals surface area (Å²) in [6.07, 6.45) is 6.31. The summed E-state index contributed by atoms with van der Waals surface area (Å²) in [5.41, 5.74) is 1.45. The van der Waals surface area contributed by atoms with Crippen LogP contribution in [0.15, 0.2) is 23.8 Å². The second-order valence-electron chi connectivity index (χ2n) is 4.25. The maximum Gasteiger partial charge on any atom is 0.0320 e. The van der Waals surface area contributed by atoms with Crippen LogP contribution in [0.3, 0.4) is 0 Å². The Bertz CT molecular complexity index is 279. The lowest BCUT2D eigenvalue weighted by molar-refractivity contribution is 0.369. The van der Waals surface area contributed by atoms with E-state index in [1.165, 1.54) is 5.57 Å². The molecule has 0 amide bonds. The second-order valence-corrected chi connectivity index (χ2v) is 4.25. The van der Waals surface area contributed by atoms with Gasteiger partial charge >= 0.3 is 0 Å². The molecule has 0 heteroatoms. The van der Waals surface area contributed by atoms with Crippen LogP contribution >= 0.6 is 0 Å². The van der Waals surface area contributed by atoms with Crippen molar-refractivity contribution in [3.8, 4) is 11.8 Å². The molecular weight excluding hydrogens is 168 g/mol. The van der Waals surface area contributed by atoms with Crippen molar-refractivity contribution in [2.24, 2.45) is 11.3 Å². The number of hydrogen-bond donors (Lipinski definition) is 0. The highest BCUT2D eigenvalue weighted by Gasteiger charge is 2.24. The lowest BCUT2D eigenvalue weighted by Gasteiger charge is -2.27. The molecule has 0 aliphatic rings. The number of allylic oxidation sites excluding steroid dienone is 4. The maximum absolute atomic E-state index is 3.26. The zero-order valence-corrected chi connectivity index (χ0v) is 10.3. The Labute approximate surface area is 89.1 Å². The van der Waals surface area contributed by atoms with E-state index in [4.69, 9.17) is 0 Å². The molecule has 0 N–H and O–H groups in total. The first-order chi connectivity index (χ1) is 6.45. The third-order valence-electron chi connectivity index (χ3n) is 2.76. The van der Waals surface area contributed by atoms with Gasteiger partial charge in [0.05, 0.1) is 0 Å². The van der Waals surface area contributed by atoms with Gasteiger partial charge in [0.1, 0.15) is 0 Å². The molecule has 0 aliphatic heterocycles. The van der Waals surface area contributed by atoms with E-state index in [9.17, 15) is 0 Å². The van der Waals surface area contributed by atoms with E-state index in [0.29, 0.717) is 5.92 Å². The van der Waals surface area contributed by atoms with Crippen molar-refractivity contribution in [1.82, 2.24) is 0 Å². The van der Waals surface area contributed by atoms with E-state index in [-0.39, 0.29) is 5.41 Å². The van der Waals surface area contributed by atoms with Gasteiger partial charge in [0.2, 0.25) is 0 Å². The molecule has 0 bridgehead atoms. The summed E-state index contributed by atoms with van der Waals surface area (Å²) in [4.78, 5) is 0. The topological polar surface area (TPSA) is 0 Å². The van der Waals surface area contributed by atoms with Crippen molar-refractivity contribution in [1.29, 1.82) is 0 Å². The van der Waals surface area contributed by atoms with Crippen LogP contribution in [0.1, 0.15) is 41.5 Å². The number of rotatable bonds is 3. The summed E-state index contributed by atoms with van der Waals surface area (Å²) >= 11 is 0. The van der Waals surface area contributed by atoms with Gasteiger partial charge in [-0.2, -0.15) is 0 Å². The Hall–Kier alpha value is -0.960.